The summed E-state index contributed by atoms with van der Waals surface area (Å²) in [5, 5.41) is 14.9. The predicted octanol–water partition coefficient (Wildman–Crippen LogP) is 3.38. The van der Waals surface area contributed by atoms with Gasteiger partial charge in [0, 0.05) is 10.6 Å². The summed E-state index contributed by atoms with van der Waals surface area (Å²) in [7, 11) is 0. The molecule has 9 heteroatoms. The quantitative estimate of drug-likeness (QED) is 0.615. The minimum absolute atomic E-state index is 0.212. The van der Waals surface area contributed by atoms with E-state index in [2.05, 4.69) is 20.8 Å². The molecule has 7 nitrogen and oxygen atoms in total. The van der Waals surface area contributed by atoms with Crippen molar-refractivity contribution in [3.8, 4) is 16.3 Å². The molecule has 2 amide bonds. The van der Waals surface area contributed by atoms with Gasteiger partial charge in [-0.05, 0) is 31.2 Å². The van der Waals surface area contributed by atoms with Gasteiger partial charge in [0.1, 0.15) is 16.8 Å². The van der Waals surface area contributed by atoms with E-state index in [1.807, 2.05) is 30.3 Å². The number of hydrogen-bond donors (Lipinski definition) is 2. The molecule has 1 aromatic heterocycles. The molecule has 1 heterocycles. The van der Waals surface area contributed by atoms with Gasteiger partial charge in [-0.3, -0.25) is 14.9 Å². The molecule has 2 N–H and O–H groups in total. The number of carbonyl (C=O) groups excluding carboxylic acids is 2. The van der Waals surface area contributed by atoms with Crippen LogP contribution in [-0.2, 0) is 9.59 Å². The van der Waals surface area contributed by atoms with Crippen LogP contribution in [0.5, 0.6) is 5.75 Å². The van der Waals surface area contributed by atoms with Crippen LogP contribution in [0.2, 0.25) is 5.02 Å². The Labute approximate surface area is 170 Å². The zero-order valence-corrected chi connectivity index (χ0v) is 16.5. The van der Waals surface area contributed by atoms with Crippen LogP contribution in [0.25, 0.3) is 10.6 Å². The maximum absolute atomic E-state index is 12.3. The van der Waals surface area contributed by atoms with E-state index in [1.165, 1.54) is 11.3 Å². The van der Waals surface area contributed by atoms with Crippen molar-refractivity contribution < 1.29 is 14.3 Å². The smallest absolute Gasteiger partial charge is 0.258 e. The first-order valence-corrected chi connectivity index (χ1v) is 9.58. The molecule has 0 radical (unpaired) electrons. The number of ether oxygens (including phenoxy) is 1. The number of anilines is 1. The first-order chi connectivity index (χ1) is 13.5. The fraction of sp³-hybridized carbons (Fsp3) is 0.158. The van der Waals surface area contributed by atoms with Gasteiger partial charge in [-0.25, -0.2) is 0 Å². The molecule has 0 bridgehead atoms. The van der Waals surface area contributed by atoms with E-state index in [4.69, 9.17) is 16.3 Å². The summed E-state index contributed by atoms with van der Waals surface area (Å²) in [6.45, 7) is 1.37. The number of benzene rings is 2. The average molecular weight is 417 g/mol. The van der Waals surface area contributed by atoms with Gasteiger partial charge in [-0.2, -0.15) is 0 Å². The van der Waals surface area contributed by atoms with Crippen LogP contribution in [-0.4, -0.2) is 34.7 Å². The molecule has 0 fully saturated rings. The van der Waals surface area contributed by atoms with Crippen molar-refractivity contribution in [1.82, 2.24) is 15.5 Å². The lowest BCUT2D eigenvalue weighted by Gasteiger charge is -2.13. The first-order valence-electron chi connectivity index (χ1n) is 8.39. The van der Waals surface area contributed by atoms with E-state index < -0.39 is 17.9 Å². The highest BCUT2D eigenvalue weighted by molar-refractivity contribution is 7.18. The fourth-order valence-electron chi connectivity index (χ4n) is 2.21. The maximum atomic E-state index is 12.3. The standard InChI is InChI=1S/C19H17ClN4O3S/c1-12(21-16(25)11-27-15-9-7-14(20)8-10-15)17(26)22-19-24-23-18(28-19)13-5-3-2-4-6-13/h2-10,12H,11H2,1H3,(H,21,25)(H,22,24,26). The highest BCUT2D eigenvalue weighted by Crippen LogP contribution is 2.25. The Hall–Kier alpha value is -2.97. The number of hydrogen-bond acceptors (Lipinski definition) is 6. The molecule has 3 aromatic rings. The second-order valence-corrected chi connectivity index (χ2v) is 7.21. The molecule has 0 aliphatic rings. The largest absolute Gasteiger partial charge is 0.484 e. The van der Waals surface area contributed by atoms with Crippen molar-refractivity contribution in [3.05, 3.63) is 59.6 Å². The summed E-state index contributed by atoms with van der Waals surface area (Å²) in [6, 6.07) is 15.4. The van der Waals surface area contributed by atoms with Gasteiger partial charge in [0.2, 0.25) is 11.0 Å². The normalized spacial score (nSPS) is 11.5. The molecular formula is C19H17ClN4O3S. The third kappa shape index (κ3) is 5.51. The summed E-state index contributed by atoms with van der Waals surface area (Å²) >= 11 is 7.05. The Kier molecular flexibility index (Phi) is 6.57. The van der Waals surface area contributed by atoms with E-state index in [0.29, 0.717) is 20.9 Å². The molecule has 0 spiro atoms. The molecule has 0 saturated heterocycles. The summed E-state index contributed by atoms with van der Waals surface area (Å²) in [4.78, 5) is 24.2. The number of rotatable bonds is 7. The lowest BCUT2D eigenvalue weighted by Crippen LogP contribution is -2.43. The molecule has 3 rings (SSSR count). The van der Waals surface area contributed by atoms with Crippen molar-refractivity contribution >= 4 is 39.9 Å². The van der Waals surface area contributed by atoms with Crippen molar-refractivity contribution in [2.45, 2.75) is 13.0 Å². The van der Waals surface area contributed by atoms with Crippen molar-refractivity contribution in [2.75, 3.05) is 11.9 Å². The molecule has 28 heavy (non-hydrogen) atoms. The van der Waals surface area contributed by atoms with E-state index in [-0.39, 0.29) is 6.61 Å². The Balaban J connectivity index is 1.48. The summed E-state index contributed by atoms with van der Waals surface area (Å²) < 4.78 is 5.35. The van der Waals surface area contributed by atoms with Gasteiger partial charge in [0.15, 0.2) is 6.61 Å². The van der Waals surface area contributed by atoms with Gasteiger partial charge in [-0.15, -0.1) is 10.2 Å². The molecule has 0 aliphatic carbocycles. The van der Waals surface area contributed by atoms with Gasteiger partial charge in [0.05, 0.1) is 0 Å². The van der Waals surface area contributed by atoms with Gasteiger partial charge >= 0.3 is 0 Å². The van der Waals surface area contributed by atoms with Crippen LogP contribution in [0.15, 0.2) is 54.6 Å². The Morgan fingerprint density at radius 2 is 1.82 bits per heavy atom. The molecule has 0 aliphatic heterocycles. The number of aromatic nitrogens is 2. The lowest BCUT2D eigenvalue weighted by atomic mass is 10.2. The molecular weight excluding hydrogens is 400 g/mol. The minimum atomic E-state index is -0.759. The van der Waals surface area contributed by atoms with Crippen LogP contribution in [0, 0.1) is 0 Å². The third-order valence-electron chi connectivity index (χ3n) is 3.63. The highest BCUT2D eigenvalue weighted by atomic mass is 35.5. The Bertz CT molecular complexity index is 947. The molecule has 0 saturated carbocycles. The first kappa shape index (κ1) is 19.8. The lowest BCUT2D eigenvalue weighted by molar-refractivity contribution is -0.127. The van der Waals surface area contributed by atoms with Crippen LogP contribution >= 0.6 is 22.9 Å². The van der Waals surface area contributed by atoms with Crippen molar-refractivity contribution in [2.24, 2.45) is 0 Å². The number of halogens is 1. The monoisotopic (exact) mass is 416 g/mol. The van der Waals surface area contributed by atoms with E-state index in [1.54, 1.807) is 31.2 Å². The second-order valence-electron chi connectivity index (χ2n) is 5.80. The molecule has 144 valence electrons. The second kappa shape index (κ2) is 9.29. The number of carbonyl (C=O) groups is 2. The number of nitrogens with zero attached hydrogens (tertiary/aromatic N) is 2. The Morgan fingerprint density at radius 3 is 2.54 bits per heavy atom. The SMILES string of the molecule is CC(NC(=O)COc1ccc(Cl)cc1)C(=O)Nc1nnc(-c2ccccc2)s1. The summed E-state index contributed by atoms with van der Waals surface area (Å²) in [5.41, 5.74) is 0.918. The Morgan fingerprint density at radius 1 is 1.11 bits per heavy atom. The summed E-state index contributed by atoms with van der Waals surface area (Å²) in [5.74, 6) is -0.297. The summed E-state index contributed by atoms with van der Waals surface area (Å²) in [6.07, 6.45) is 0. The topological polar surface area (TPSA) is 93.2 Å². The number of nitrogens with one attached hydrogen (secondary N) is 2. The maximum Gasteiger partial charge on any atom is 0.258 e. The van der Waals surface area contributed by atoms with Crippen LogP contribution in [0.1, 0.15) is 6.92 Å². The zero-order valence-electron chi connectivity index (χ0n) is 14.9. The molecule has 1 atom stereocenters. The van der Waals surface area contributed by atoms with Gasteiger partial charge < -0.3 is 10.1 Å². The van der Waals surface area contributed by atoms with Gasteiger partial charge in [0.25, 0.3) is 5.91 Å². The average Bonchev–Trinajstić information content (AvgIpc) is 3.16. The molecule has 1 unspecified atom stereocenters. The van der Waals surface area contributed by atoms with E-state index >= 15 is 0 Å². The van der Waals surface area contributed by atoms with Crippen molar-refractivity contribution in [3.63, 3.8) is 0 Å². The van der Waals surface area contributed by atoms with Crippen LogP contribution in [0.3, 0.4) is 0 Å². The minimum Gasteiger partial charge on any atom is -0.484 e. The fourth-order valence-corrected chi connectivity index (χ4v) is 3.09. The van der Waals surface area contributed by atoms with E-state index in [0.717, 1.165) is 5.56 Å². The highest BCUT2D eigenvalue weighted by Gasteiger charge is 2.18. The predicted molar refractivity (Wildman–Crippen MR) is 109 cm³/mol. The number of amides is 2. The molecule has 2 aromatic carbocycles. The van der Waals surface area contributed by atoms with Crippen LogP contribution in [0.4, 0.5) is 5.13 Å². The van der Waals surface area contributed by atoms with Gasteiger partial charge in [-0.1, -0.05) is 53.3 Å². The van der Waals surface area contributed by atoms with E-state index in [9.17, 15) is 9.59 Å². The van der Waals surface area contributed by atoms with Crippen molar-refractivity contribution in [1.29, 1.82) is 0 Å². The third-order valence-corrected chi connectivity index (χ3v) is 4.77. The zero-order chi connectivity index (χ0) is 19.9. The van der Waals surface area contributed by atoms with Crippen LogP contribution < -0.4 is 15.4 Å².